The Morgan fingerprint density at radius 2 is 2.07 bits per heavy atom. The van der Waals surface area contributed by atoms with Gasteiger partial charge >= 0.3 is 0 Å². The molecule has 0 amide bonds. The van der Waals surface area contributed by atoms with Crippen molar-refractivity contribution in [3.05, 3.63) is 34.0 Å². The number of rotatable bonds is 0. The van der Waals surface area contributed by atoms with E-state index < -0.39 is 0 Å². The van der Waals surface area contributed by atoms with E-state index >= 15 is 0 Å². The van der Waals surface area contributed by atoms with Crippen LogP contribution in [0, 0.1) is 0 Å². The molecule has 0 atom stereocenters. The van der Waals surface area contributed by atoms with E-state index in [2.05, 4.69) is 37.3 Å². The molecule has 0 saturated heterocycles. The Labute approximate surface area is 87.2 Å². The van der Waals surface area contributed by atoms with Crippen LogP contribution in [0.25, 0.3) is 21.7 Å². The van der Waals surface area contributed by atoms with E-state index in [1.54, 1.807) is 5.57 Å². The second-order valence-corrected chi connectivity index (χ2v) is 4.94. The molecule has 0 nitrogen and oxygen atoms in total. The Morgan fingerprint density at radius 3 is 3.00 bits per heavy atom. The van der Waals surface area contributed by atoms with Gasteiger partial charge in [-0.05, 0) is 31.1 Å². The lowest BCUT2D eigenvalue weighted by Crippen LogP contribution is -2.23. The number of hydrogen-bond acceptors (Lipinski definition) is 1. The molecule has 0 radical (unpaired) electrons. The van der Waals surface area contributed by atoms with Crippen molar-refractivity contribution in [3.8, 4) is 0 Å². The van der Waals surface area contributed by atoms with Gasteiger partial charge in [0.2, 0.25) is 0 Å². The molecule has 3 rings (SSSR count). The smallest absolute Gasteiger partial charge is 0.0355 e. The fourth-order valence-corrected chi connectivity index (χ4v) is 3.44. The fourth-order valence-electron chi connectivity index (χ4n) is 2.19. The van der Waals surface area contributed by atoms with Crippen molar-refractivity contribution in [1.29, 1.82) is 0 Å². The summed E-state index contributed by atoms with van der Waals surface area (Å²) in [7, 11) is 0. The Balaban J connectivity index is 2.66. The first kappa shape index (κ1) is 8.25. The van der Waals surface area contributed by atoms with Crippen LogP contribution in [0.15, 0.2) is 24.3 Å². The van der Waals surface area contributed by atoms with E-state index in [0.717, 1.165) is 0 Å². The minimum absolute atomic E-state index is 1.21. The molecule has 0 bridgehead atoms. The highest BCUT2D eigenvalue weighted by molar-refractivity contribution is 7.17. The van der Waals surface area contributed by atoms with Crippen LogP contribution in [-0.2, 0) is 0 Å². The molecule has 0 fully saturated rings. The topological polar surface area (TPSA) is 0 Å². The average Bonchev–Trinajstić information content (AvgIpc) is 2.57. The summed E-state index contributed by atoms with van der Waals surface area (Å²) in [4.78, 5) is 0. The molecular formula is C13H12S. The highest BCUT2D eigenvalue weighted by Gasteiger charge is 2.06. The molecule has 1 aliphatic carbocycles. The summed E-state index contributed by atoms with van der Waals surface area (Å²) in [6.07, 6.45) is 4.83. The third-order valence-corrected chi connectivity index (χ3v) is 4.07. The van der Waals surface area contributed by atoms with E-state index in [4.69, 9.17) is 0 Å². The van der Waals surface area contributed by atoms with E-state index in [1.165, 1.54) is 32.7 Å². The van der Waals surface area contributed by atoms with E-state index in [1.807, 2.05) is 11.3 Å². The molecular weight excluding hydrogens is 188 g/mol. The van der Waals surface area contributed by atoms with Crippen molar-refractivity contribution in [2.75, 3.05) is 0 Å². The first-order valence-electron chi connectivity index (χ1n) is 5.04. The molecule has 1 aromatic carbocycles. The summed E-state index contributed by atoms with van der Waals surface area (Å²) < 4.78 is 2.91. The van der Waals surface area contributed by atoms with Gasteiger partial charge in [0.25, 0.3) is 0 Å². The van der Waals surface area contributed by atoms with Gasteiger partial charge in [-0.1, -0.05) is 29.8 Å². The highest BCUT2D eigenvalue weighted by atomic mass is 32.1. The predicted molar refractivity (Wildman–Crippen MR) is 63.9 cm³/mol. The largest absolute Gasteiger partial charge is 0.136 e. The predicted octanol–water partition coefficient (Wildman–Crippen LogP) is 2.65. The summed E-state index contributed by atoms with van der Waals surface area (Å²) in [6, 6.07) is 8.73. The van der Waals surface area contributed by atoms with E-state index in [9.17, 15) is 0 Å². The minimum Gasteiger partial charge on any atom is -0.136 e. The molecule has 0 saturated carbocycles. The zero-order valence-electron chi connectivity index (χ0n) is 8.21. The number of fused-ring (bicyclic) bond motifs is 3. The van der Waals surface area contributed by atoms with Crippen molar-refractivity contribution < 1.29 is 0 Å². The summed E-state index contributed by atoms with van der Waals surface area (Å²) in [5, 5.41) is 2.96. The molecule has 0 aliphatic heterocycles. The van der Waals surface area contributed by atoms with Gasteiger partial charge in [-0.3, -0.25) is 0 Å². The summed E-state index contributed by atoms with van der Waals surface area (Å²) in [5.74, 6) is 0. The number of thiophene rings is 1. The average molecular weight is 200 g/mol. The van der Waals surface area contributed by atoms with Crippen molar-refractivity contribution in [3.63, 3.8) is 0 Å². The molecule has 70 valence electrons. The van der Waals surface area contributed by atoms with Gasteiger partial charge in [0.05, 0.1) is 0 Å². The van der Waals surface area contributed by atoms with Crippen molar-refractivity contribution in [1.82, 2.24) is 0 Å². The zero-order valence-corrected chi connectivity index (χ0v) is 9.03. The van der Waals surface area contributed by atoms with Gasteiger partial charge in [-0.25, -0.2) is 0 Å². The summed E-state index contributed by atoms with van der Waals surface area (Å²) in [5.41, 5.74) is 1.56. The normalized spacial score (nSPS) is 15.4. The van der Waals surface area contributed by atoms with E-state index in [0.29, 0.717) is 0 Å². The molecule has 1 aromatic heterocycles. The Morgan fingerprint density at radius 1 is 1.21 bits per heavy atom. The lowest BCUT2D eigenvalue weighted by Gasteiger charge is -2.01. The van der Waals surface area contributed by atoms with Gasteiger partial charge in [-0.15, -0.1) is 11.3 Å². The maximum Gasteiger partial charge on any atom is 0.0355 e. The van der Waals surface area contributed by atoms with Gasteiger partial charge in [0, 0.05) is 14.6 Å². The Hall–Kier alpha value is -1.08. The molecule has 0 N–H and O–H groups in total. The molecule has 1 heteroatoms. The van der Waals surface area contributed by atoms with Gasteiger partial charge in [0.1, 0.15) is 0 Å². The van der Waals surface area contributed by atoms with Crippen LogP contribution in [-0.4, -0.2) is 0 Å². The van der Waals surface area contributed by atoms with Crippen molar-refractivity contribution >= 4 is 33.1 Å². The highest BCUT2D eigenvalue weighted by Crippen LogP contribution is 2.17. The van der Waals surface area contributed by atoms with Gasteiger partial charge in [0.15, 0.2) is 0 Å². The summed E-state index contributed by atoms with van der Waals surface area (Å²) in [6.45, 7) is 2.27. The maximum atomic E-state index is 2.38. The zero-order chi connectivity index (χ0) is 9.54. The van der Waals surface area contributed by atoms with Crippen LogP contribution in [0.5, 0.6) is 0 Å². The quantitative estimate of drug-likeness (QED) is 0.613. The standard InChI is InChI=1S/C13H12S/c1-9-5-4-8-12-13(9)10-6-2-3-7-11(10)14-12/h2-3,6-8H,4-5H2,1H3. The van der Waals surface area contributed by atoms with Crippen LogP contribution < -0.4 is 9.75 Å². The molecule has 1 aliphatic rings. The number of hydrogen-bond donors (Lipinski definition) is 0. The third-order valence-electron chi connectivity index (χ3n) is 2.90. The molecule has 14 heavy (non-hydrogen) atoms. The van der Waals surface area contributed by atoms with Crippen LogP contribution in [0.2, 0.25) is 0 Å². The molecule has 0 spiro atoms. The Bertz CT molecular complexity index is 602. The van der Waals surface area contributed by atoms with Crippen LogP contribution in [0.3, 0.4) is 0 Å². The van der Waals surface area contributed by atoms with Crippen LogP contribution >= 0.6 is 11.3 Å². The minimum atomic E-state index is 1.21. The fraction of sp³-hybridized carbons (Fsp3) is 0.231. The monoisotopic (exact) mass is 200 g/mol. The second kappa shape index (κ2) is 2.96. The van der Waals surface area contributed by atoms with Crippen LogP contribution in [0.4, 0.5) is 0 Å². The molecule has 1 heterocycles. The second-order valence-electron chi connectivity index (χ2n) is 3.86. The lowest BCUT2D eigenvalue weighted by molar-refractivity contribution is 1.08. The SMILES string of the molecule is CC1=c2c(sc3ccccc23)=CCC1. The van der Waals surface area contributed by atoms with Crippen molar-refractivity contribution in [2.45, 2.75) is 19.8 Å². The first-order valence-corrected chi connectivity index (χ1v) is 5.85. The number of benzene rings is 1. The lowest BCUT2D eigenvalue weighted by atomic mass is 10.0. The molecule has 2 aromatic rings. The van der Waals surface area contributed by atoms with Crippen molar-refractivity contribution in [2.24, 2.45) is 0 Å². The van der Waals surface area contributed by atoms with Gasteiger partial charge < -0.3 is 0 Å². The van der Waals surface area contributed by atoms with Crippen LogP contribution in [0.1, 0.15) is 19.8 Å². The maximum absolute atomic E-state index is 2.38. The summed E-state index contributed by atoms with van der Waals surface area (Å²) >= 11 is 1.93. The third kappa shape index (κ3) is 1.05. The Kier molecular flexibility index (Phi) is 1.74. The van der Waals surface area contributed by atoms with E-state index in [-0.39, 0.29) is 0 Å². The first-order chi connectivity index (χ1) is 6.86. The molecule has 0 unspecified atom stereocenters. The van der Waals surface area contributed by atoms with Gasteiger partial charge in [-0.2, -0.15) is 0 Å².